The minimum Gasteiger partial charge on any atom is -0.462 e. The maximum Gasteiger partial charge on any atom is 0.333 e. The van der Waals surface area contributed by atoms with Gasteiger partial charge < -0.3 is 14.6 Å². The van der Waals surface area contributed by atoms with Gasteiger partial charge in [-0.15, -0.1) is 0 Å². The van der Waals surface area contributed by atoms with Gasteiger partial charge in [0, 0.05) is 12.0 Å². The van der Waals surface area contributed by atoms with E-state index in [4.69, 9.17) is 9.47 Å². The van der Waals surface area contributed by atoms with Crippen LogP contribution in [0.5, 0.6) is 0 Å². The van der Waals surface area contributed by atoms with Gasteiger partial charge in [0.25, 0.3) is 0 Å². The predicted molar refractivity (Wildman–Crippen MR) is 74.1 cm³/mol. The third-order valence-corrected chi connectivity index (χ3v) is 5.68. The van der Waals surface area contributed by atoms with Crippen molar-refractivity contribution in [2.24, 2.45) is 5.41 Å². The smallest absolute Gasteiger partial charge is 0.333 e. The molecule has 3 aliphatic rings. The average Bonchev–Trinajstić information content (AvgIpc) is 2.90. The van der Waals surface area contributed by atoms with Gasteiger partial charge in [-0.1, -0.05) is 19.9 Å². The molecule has 0 aromatic carbocycles. The van der Waals surface area contributed by atoms with Crippen LogP contribution in [-0.4, -0.2) is 35.0 Å². The molecule has 1 aliphatic carbocycles. The van der Waals surface area contributed by atoms with Crippen LogP contribution in [-0.2, 0) is 14.3 Å². The molecule has 20 heavy (non-hydrogen) atoms. The third-order valence-electron chi connectivity index (χ3n) is 5.68. The first-order valence-corrected chi connectivity index (χ1v) is 7.56. The Morgan fingerprint density at radius 3 is 2.80 bits per heavy atom. The van der Waals surface area contributed by atoms with Crippen molar-refractivity contribution >= 4 is 5.97 Å². The number of ether oxygens (including phenoxy) is 2. The molecule has 2 aliphatic heterocycles. The highest BCUT2D eigenvalue weighted by Crippen LogP contribution is 2.61. The van der Waals surface area contributed by atoms with Crippen molar-refractivity contribution < 1.29 is 19.4 Å². The number of rotatable bonds is 3. The summed E-state index contributed by atoms with van der Waals surface area (Å²) in [4.78, 5) is 11.4. The summed E-state index contributed by atoms with van der Waals surface area (Å²) in [5.74, 6) is -0.202. The summed E-state index contributed by atoms with van der Waals surface area (Å²) in [6, 6.07) is 0. The number of esters is 1. The van der Waals surface area contributed by atoms with E-state index in [1.54, 1.807) is 0 Å². The van der Waals surface area contributed by atoms with E-state index in [9.17, 15) is 9.90 Å². The number of hydrogen-bond acceptors (Lipinski definition) is 4. The lowest BCUT2D eigenvalue weighted by Gasteiger charge is -2.48. The summed E-state index contributed by atoms with van der Waals surface area (Å²) in [6.45, 7) is 6.75. The molecule has 3 rings (SSSR count). The Morgan fingerprint density at radius 1 is 1.40 bits per heavy atom. The minimum absolute atomic E-state index is 0.163. The van der Waals surface area contributed by atoms with Gasteiger partial charge in [-0.25, -0.2) is 4.79 Å². The Bertz CT molecular complexity index is 460. The summed E-state index contributed by atoms with van der Waals surface area (Å²) in [5.41, 5.74) is -0.657. The number of epoxide rings is 1. The zero-order chi connectivity index (χ0) is 14.6. The van der Waals surface area contributed by atoms with E-state index >= 15 is 0 Å². The topological polar surface area (TPSA) is 59.1 Å². The number of hydrogen-bond donors (Lipinski definition) is 1. The molecule has 0 amide bonds. The maximum absolute atomic E-state index is 11.4. The van der Waals surface area contributed by atoms with Crippen LogP contribution in [0.3, 0.4) is 0 Å². The molecule has 0 radical (unpaired) electrons. The first kappa shape index (κ1) is 14.1. The molecule has 4 heteroatoms. The van der Waals surface area contributed by atoms with E-state index in [1.165, 1.54) is 0 Å². The Hall–Kier alpha value is -0.870. The summed E-state index contributed by atoms with van der Waals surface area (Å²) < 4.78 is 10.7. The molecule has 0 aromatic rings. The van der Waals surface area contributed by atoms with Crippen LogP contribution in [0.4, 0.5) is 0 Å². The second-order valence-corrected chi connectivity index (χ2v) is 7.15. The zero-order valence-electron chi connectivity index (χ0n) is 12.6. The Balaban J connectivity index is 1.73. The fourth-order valence-electron chi connectivity index (χ4n) is 4.01. The number of carbonyl (C=O) groups excluding carboxylic acids is 1. The van der Waals surface area contributed by atoms with Crippen LogP contribution in [0, 0.1) is 5.41 Å². The highest BCUT2D eigenvalue weighted by Gasteiger charge is 2.72. The number of cyclic esters (lactones) is 1. The second-order valence-electron chi connectivity index (χ2n) is 7.15. The largest absolute Gasteiger partial charge is 0.462 e. The third kappa shape index (κ3) is 1.85. The van der Waals surface area contributed by atoms with Crippen molar-refractivity contribution in [1.82, 2.24) is 0 Å². The van der Waals surface area contributed by atoms with Gasteiger partial charge >= 0.3 is 5.97 Å². The van der Waals surface area contributed by atoms with Gasteiger partial charge in [0.15, 0.2) is 0 Å². The molecule has 0 bridgehead atoms. The SMILES string of the molecule is CC1(C)CC[C@H]2O[C@@]2(C)[C@@]1(O)CC/C=C1/CCOC1=O. The molecular formula is C16H24O4. The lowest BCUT2D eigenvalue weighted by atomic mass is 9.59. The second kappa shape index (κ2) is 4.31. The molecule has 0 unspecified atom stereocenters. The van der Waals surface area contributed by atoms with E-state index in [0.29, 0.717) is 25.9 Å². The summed E-state index contributed by atoms with van der Waals surface area (Å²) >= 11 is 0. The van der Waals surface area contributed by atoms with Crippen molar-refractivity contribution in [1.29, 1.82) is 0 Å². The van der Waals surface area contributed by atoms with Crippen molar-refractivity contribution in [3.63, 3.8) is 0 Å². The molecule has 1 N–H and O–H groups in total. The summed E-state index contributed by atoms with van der Waals surface area (Å²) in [7, 11) is 0. The monoisotopic (exact) mass is 280 g/mol. The average molecular weight is 280 g/mol. The zero-order valence-corrected chi connectivity index (χ0v) is 12.6. The Morgan fingerprint density at radius 2 is 2.15 bits per heavy atom. The van der Waals surface area contributed by atoms with Crippen LogP contribution in [0.1, 0.15) is 52.9 Å². The fraction of sp³-hybridized carbons (Fsp3) is 0.812. The lowest BCUT2D eigenvalue weighted by molar-refractivity contribution is -0.135. The van der Waals surface area contributed by atoms with E-state index in [-0.39, 0.29) is 17.5 Å². The van der Waals surface area contributed by atoms with E-state index in [1.807, 2.05) is 13.0 Å². The highest BCUT2D eigenvalue weighted by molar-refractivity contribution is 5.90. The molecule has 3 atom stereocenters. The molecule has 112 valence electrons. The normalized spacial score (nSPS) is 44.3. The molecule has 2 heterocycles. The van der Waals surface area contributed by atoms with Crippen molar-refractivity contribution in [2.45, 2.75) is 70.2 Å². The van der Waals surface area contributed by atoms with Gasteiger partial charge in [-0.3, -0.25) is 0 Å². The molecule has 0 aromatic heterocycles. The van der Waals surface area contributed by atoms with Crippen LogP contribution in [0.25, 0.3) is 0 Å². The molecule has 0 spiro atoms. The predicted octanol–water partition coefficient (Wildman–Crippen LogP) is 2.35. The Kier molecular flexibility index (Phi) is 3.04. The summed E-state index contributed by atoms with van der Waals surface area (Å²) in [6.07, 6.45) is 6.14. The summed E-state index contributed by atoms with van der Waals surface area (Å²) in [5, 5.41) is 11.2. The van der Waals surface area contributed by atoms with Crippen molar-refractivity contribution in [2.75, 3.05) is 6.61 Å². The van der Waals surface area contributed by atoms with Gasteiger partial charge in [0.2, 0.25) is 0 Å². The van der Waals surface area contributed by atoms with Gasteiger partial charge in [-0.2, -0.15) is 0 Å². The minimum atomic E-state index is -0.831. The Labute approximate surface area is 120 Å². The highest BCUT2D eigenvalue weighted by atomic mass is 16.6. The lowest BCUT2D eigenvalue weighted by Crippen LogP contribution is -2.58. The van der Waals surface area contributed by atoms with Gasteiger partial charge in [0.1, 0.15) is 11.2 Å². The number of carbonyl (C=O) groups is 1. The maximum atomic E-state index is 11.4. The number of fused-ring (bicyclic) bond motifs is 1. The fourth-order valence-corrected chi connectivity index (χ4v) is 4.01. The van der Waals surface area contributed by atoms with Crippen LogP contribution in [0.2, 0.25) is 0 Å². The van der Waals surface area contributed by atoms with Crippen LogP contribution in [0.15, 0.2) is 11.6 Å². The van der Waals surface area contributed by atoms with Crippen molar-refractivity contribution in [3.8, 4) is 0 Å². The van der Waals surface area contributed by atoms with Gasteiger partial charge in [-0.05, 0) is 38.0 Å². The molecule has 3 fully saturated rings. The molecular weight excluding hydrogens is 256 g/mol. The van der Waals surface area contributed by atoms with Crippen LogP contribution < -0.4 is 0 Å². The first-order chi connectivity index (χ1) is 9.30. The first-order valence-electron chi connectivity index (χ1n) is 7.56. The number of allylic oxidation sites excluding steroid dienone is 1. The van der Waals surface area contributed by atoms with E-state index in [2.05, 4.69) is 13.8 Å². The number of aliphatic hydroxyl groups is 1. The van der Waals surface area contributed by atoms with Crippen LogP contribution >= 0.6 is 0 Å². The molecule has 1 saturated carbocycles. The molecule has 2 saturated heterocycles. The van der Waals surface area contributed by atoms with Gasteiger partial charge in [0.05, 0.1) is 12.7 Å². The van der Waals surface area contributed by atoms with E-state index < -0.39 is 11.2 Å². The van der Waals surface area contributed by atoms with E-state index in [0.717, 1.165) is 18.4 Å². The van der Waals surface area contributed by atoms with Crippen molar-refractivity contribution in [3.05, 3.63) is 11.6 Å². The quantitative estimate of drug-likeness (QED) is 0.490. The standard InChI is InChI=1S/C16H24O4/c1-14(2)9-6-12-15(3,20-12)16(14,18)8-4-5-11-7-10-19-13(11)17/h5,12,18H,4,6-10H2,1-3H3/b11-5-/t12-,15-,16-/m1/s1. The molecule has 4 nitrogen and oxygen atoms in total.